The molecule has 194 valence electrons. The molecule has 0 bridgehead atoms. The number of piperidine rings is 1. The summed E-state index contributed by atoms with van der Waals surface area (Å²) in [7, 11) is -3.97. The summed E-state index contributed by atoms with van der Waals surface area (Å²) < 4.78 is 32.7. The number of likely N-dealkylation sites (tertiary alicyclic amines) is 1. The second-order valence-electron chi connectivity index (χ2n) is 10.3. The van der Waals surface area contributed by atoms with Crippen LogP contribution >= 0.6 is 0 Å². The van der Waals surface area contributed by atoms with Crippen molar-refractivity contribution in [1.82, 2.24) is 9.47 Å². The lowest BCUT2D eigenvalue weighted by atomic mass is 9.93. The monoisotopic (exact) mass is 526 g/mol. The minimum absolute atomic E-state index is 0.0275. The summed E-state index contributed by atoms with van der Waals surface area (Å²) in [5, 5.41) is 0.890. The number of benzene rings is 3. The molecule has 4 aromatic rings. The average molecular weight is 527 g/mol. The van der Waals surface area contributed by atoms with Gasteiger partial charge >= 0.3 is 10.1 Å². The second kappa shape index (κ2) is 9.89. The highest BCUT2D eigenvalue weighted by Crippen LogP contribution is 2.33. The molecule has 0 saturated carbocycles. The maximum atomic E-state index is 13.4. The normalized spacial score (nSPS) is 17.8. The zero-order chi connectivity index (χ0) is 26.3. The van der Waals surface area contributed by atoms with E-state index in [-0.39, 0.29) is 16.6 Å². The number of hydrogen-bond donors (Lipinski definition) is 0. The Bertz CT molecular complexity index is 1630. The molecule has 1 saturated heterocycles. The largest absolute Gasteiger partial charge is 0.379 e. The van der Waals surface area contributed by atoms with Crippen LogP contribution in [0.25, 0.3) is 10.9 Å². The zero-order valence-corrected chi connectivity index (χ0v) is 22.2. The molecule has 0 unspecified atom stereocenters. The summed E-state index contributed by atoms with van der Waals surface area (Å²) in [6.07, 6.45) is 4.83. The van der Waals surface area contributed by atoms with Gasteiger partial charge in [0.2, 0.25) is 0 Å². The minimum Gasteiger partial charge on any atom is -0.379 e. The van der Waals surface area contributed by atoms with Crippen LogP contribution in [0.5, 0.6) is 5.75 Å². The highest BCUT2D eigenvalue weighted by Gasteiger charge is 2.29. The molecule has 0 atom stereocenters. The van der Waals surface area contributed by atoms with Gasteiger partial charge in [0.25, 0.3) is 5.91 Å². The minimum atomic E-state index is -3.97. The predicted molar refractivity (Wildman–Crippen MR) is 148 cm³/mol. The van der Waals surface area contributed by atoms with Gasteiger partial charge in [-0.25, -0.2) is 0 Å². The van der Waals surface area contributed by atoms with Crippen molar-refractivity contribution < 1.29 is 17.4 Å². The molecule has 1 aromatic heterocycles. The van der Waals surface area contributed by atoms with Crippen molar-refractivity contribution in [2.45, 2.75) is 37.6 Å². The first kappa shape index (κ1) is 24.6. The van der Waals surface area contributed by atoms with Crippen molar-refractivity contribution >= 4 is 26.9 Å². The van der Waals surface area contributed by atoms with Crippen LogP contribution in [0.2, 0.25) is 0 Å². The van der Waals surface area contributed by atoms with Crippen molar-refractivity contribution in [3.8, 4) is 5.75 Å². The summed E-state index contributed by atoms with van der Waals surface area (Å²) in [6.45, 7) is 4.89. The van der Waals surface area contributed by atoms with Gasteiger partial charge in [0, 0.05) is 35.7 Å². The second-order valence-corrected chi connectivity index (χ2v) is 11.9. The molecule has 3 aromatic carbocycles. The van der Waals surface area contributed by atoms with Gasteiger partial charge in [0.05, 0.1) is 5.52 Å². The van der Waals surface area contributed by atoms with Gasteiger partial charge in [0.15, 0.2) is 0 Å². The van der Waals surface area contributed by atoms with Gasteiger partial charge in [-0.2, -0.15) is 8.42 Å². The highest BCUT2D eigenvalue weighted by atomic mass is 32.2. The van der Waals surface area contributed by atoms with E-state index in [1.54, 1.807) is 34.9 Å². The van der Waals surface area contributed by atoms with Gasteiger partial charge in [-0.15, -0.1) is 0 Å². The van der Waals surface area contributed by atoms with Crippen molar-refractivity contribution in [2.75, 3.05) is 13.1 Å². The number of fused-ring (bicyclic) bond motifs is 3. The van der Waals surface area contributed by atoms with Crippen molar-refractivity contribution in [2.24, 2.45) is 5.92 Å². The molecule has 0 N–H and O–H groups in total. The van der Waals surface area contributed by atoms with Crippen LogP contribution in [0.1, 0.15) is 34.5 Å². The SMILES string of the molecule is Cc1ccc(S(=O)(=O)Oc2ccc3cc4n(c3c2)C(=O)C(=CC2CCN(Cc3ccccc3)CC2)C4)cc1. The van der Waals surface area contributed by atoms with Crippen LogP contribution in [0.4, 0.5) is 0 Å². The lowest BCUT2D eigenvalue weighted by Gasteiger charge is -2.30. The van der Waals surface area contributed by atoms with Crippen molar-refractivity contribution in [3.05, 3.63) is 107 Å². The molecular weight excluding hydrogens is 496 g/mol. The van der Waals surface area contributed by atoms with Gasteiger partial charge in [-0.05, 0) is 74.7 Å². The highest BCUT2D eigenvalue weighted by molar-refractivity contribution is 7.87. The van der Waals surface area contributed by atoms with Crippen LogP contribution in [0, 0.1) is 12.8 Å². The smallest absolute Gasteiger partial charge is 0.339 e. The number of nitrogens with zero attached hydrogens (tertiary/aromatic N) is 2. The van der Waals surface area contributed by atoms with E-state index in [9.17, 15) is 13.2 Å². The van der Waals surface area contributed by atoms with E-state index in [0.29, 0.717) is 17.9 Å². The van der Waals surface area contributed by atoms with Gasteiger partial charge in [0.1, 0.15) is 10.6 Å². The van der Waals surface area contributed by atoms with Crippen LogP contribution in [-0.4, -0.2) is 36.9 Å². The first-order valence-electron chi connectivity index (χ1n) is 13.0. The maximum Gasteiger partial charge on any atom is 0.339 e. The molecule has 0 amide bonds. The molecule has 2 aliphatic heterocycles. The van der Waals surface area contributed by atoms with Gasteiger partial charge < -0.3 is 4.18 Å². The molecule has 0 radical (unpaired) electrons. The summed E-state index contributed by atoms with van der Waals surface area (Å²) in [5.41, 5.74) is 4.71. The van der Waals surface area contributed by atoms with E-state index in [4.69, 9.17) is 4.18 Å². The fourth-order valence-electron chi connectivity index (χ4n) is 5.49. The number of carbonyl (C=O) groups is 1. The Morgan fingerprint density at radius 3 is 2.42 bits per heavy atom. The van der Waals surface area contributed by atoms with Crippen LogP contribution < -0.4 is 4.18 Å². The molecule has 2 aliphatic rings. The lowest BCUT2D eigenvalue weighted by molar-refractivity contribution is 0.0968. The van der Waals surface area contributed by atoms with E-state index in [1.165, 1.54) is 17.7 Å². The topological polar surface area (TPSA) is 68.6 Å². The van der Waals surface area contributed by atoms with E-state index in [1.807, 2.05) is 19.1 Å². The molecule has 0 spiro atoms. The molecule has 7 heteroatoms. The first-order valence-corrected chi connectivity index (χ1v) is 14.4. The Hall–Kier alpha value is -3.68. The number of aromatic nitrogens is 1. The third-order valence-electron chi connectivity index (χ3n) is 7.54. The summed E-state index contributed by atoms with van der Waals surface area (Å²) in [5.74, 6) is 0.547. The summed E-state index contributed by atoms with van der Waals surface area (Å²) >= 11 is 0. The van der Waals surface area contributed by atoms with Crippen molar-refractivity contribution in [3.63, 3.8) is 0 Å². The third kappa shape index (κ3) is 4.91. The molecule has 3 heterocycles. The number of rotatable bonds is 6. The standard InChI is InChI=1S/C31H30N2O4S/c1-22-7-11-29(12-8-22)38(35,36)37-28-10-9-25-18-27-19-26(31(34)33(27)30(25)20-28)17-23-13-15-32(16-14-23)21-24-5-3-2-4-6-24/h2-12,17-18,20,23H,13-16,19,21H2,1H3. The number of hydrogen-bond acceptors (Lipinski definition) is 5. The fourth-order valence-corrected chi connectivity index (χ4v) is 6.41. The number of allylic oxidation sites excluding steroid dienone is 2. The van der Waals surface area contributed by atoms with E-state index >= 15 is 0 Å². The quantitative estimate of drug-likeness (QED) is 0.236. The molecule has 38 heavy (non-hydrogen) atoms. The predicted octanol–water partition coefficient (Wildman–Crippen LogP) is 5.75. The third-order valence-corrected chi connectivity index (χ3v) is 8.80. The first-order chi connectivity index (χ1) is 18.4. The fraction of sp³-hybridized carbons (Fsp3) is 0.258. The summed E-state index contributed by atoms with van der Waals surface area (Å²) in [6, 6.07) is 24.2. The summed E-state index contributed by atoms with van der Waals surface area (Å²) in [4.78, 5) is 16.0. The Morgan fingerprint density at radius 1 is 0.947 bits per heavy atom. The maximum absolute atomic E-state index is 13.4. The Kier molecular flexibility index (Phi) is 6.41. The number of aryl methyl sites for hydroxylation is 1. The van der Waals surface area contributed by atoms with E-state index in [2.05, 4.69) is 35.2 Å². The molecule has 1 fully saturated rings. The van der Waals surface area contributed by atoms with Gasteiger partial charge in [-0.1, -0.05) is 54.1 Å². The van der Waals surface area contributed by atoms with E-state index in [0.717, 1.165) is 54.7 Å². The van der Waals surface area contributed by atoms with Crippen molar-refractivity contribution in [1.29, 1.82) is 0 Å². The molecular formula is C31H30N2O4S. The average Bonchev–Trinajstić information content (AvgIpc) is 3.41. The Balaban J connectivity index is 1.16. The molecule has 6 rings (SSSR count). The lowest BCUT2D eigenvalue weighted by Crippen LogP contribution is -2.32. The number of carbonyl (C=O) groups excluding carboxylic acids is 1. The van der Waals surface area contributed by atoms with E-state index < -0.39 is 10.1 Å². The zero-order valence-electron chi connectivity index (χ0n) is 21.3. The van der Waals surface area contributed by atoms with Gasteiger partial charge in [-0.3, -0.25) is 14.3 Å². The molecule has 0 aliphatic carbocycles. The van der Waals surface area contributed by atoms with Crippen LogP contribution in [0.3, 0.4) is 0 Å². The Labute approximate surface area is 223 Å². The van der Waals surface area contributed by atoms with Crippen LogP contribution in [-0.2, 0) is 23.1 Å². The van der Waals surface area contributed by atoms with Crippen LogP contribution in [0.15, 0.2) is 95.4 Å². The molecule has 6 nitrogen and oxygen atoms in total. The Morgan fingerprint density at radius 2 is 1.68 bits per heavy atom.